The molecule has 0 saturated carbocycles. The molecule has 1 atom stereocenters. The lowest BCUT2D eigenvalue weighted by molar-refractivity contribution is 0.776. The van der Waals surface area contributed by atoms with Gasteiger partial charge in [0.1, 0.15) is 0 Å². The fourth-order valence-corrected chi connectivity index (χ4v) is 10.0. The molecule has 232 valence electrons. The minimum atomic E-state index is -0.541. The highest BCUT2D eigenvalue weighted by Gasteiger charge is 2.50. The predicted molar refractivity (Wildman–Crippen MR) is 208 cm³/mol. The molecule has 1 unspecified atom stereocenters. The number of fused-ring (bicyclic) bond motifs is 16. The zero-order valence-electron chi connectivity index (χ0n) is 27.0. The maximum Gasteiger partial charge on any atom is 0.0726 e. The fourth-order valence-electron chi connectivity index (χ4n) is 8.78. The third-order valence-electron chi connectivity index (χ3n) is 10.9. The van der Waals surface area contributed by atoms with Crippen molar-refractivity contribution < 1.29 is 0 Å². The van der Waals surface area contributed by atoms with Crippen LogP contribution in [-0.4, -0.2) is 9.97 Å². The zero-order chi connectivity index (χ0) is 32.8. The van der Waals surface area contributed by atoms with Gasteiger partial charge in [0.05, 0.1) is 11.1 Å². The van der Waals surface area contributed by atoms with Crippen molar-refractivity contribution in [2.24, 2.45) is 0 Å². The molecule has 1 spiro atoms. The zero-order valence-corrected chi connectivity index (χ0v) is 27.8. The first-order valence-corrected chi connectivity index (χ1v) is 17.9. The van der Waals surface area contributed by atoms with Crippen molar-refractivity contribution >= 4 is 31.5 Å². The average molecular weight is 653 g/mol. The standard InChI is InChI=1S/C47H28N2S/c1-2-12-33-32(11-1)34-13-3-6-16-39(34)47(42-26-29(19-21-35(33)42)30-20-24-43(49-28-30)31-10-9-25-48-27-31)40-17-7-4-15-38(40)45-41(47)23-22-37-36-14-5-8-18-44(36)50-46(37)45/h1-28H. The second kappa shape index (κ2) is 10.4. The Bertz CT molecular complexity index is 2810. The summed E-state index contributed by atoms with van der Waals surface area (Å²) >= 11 is 1.92. The van der Waals surface area contributed by atoms with Gasteiger partial charge in [-0.3, -0.25) is 9.97 Å². The van der Waals surface area contributed by atoms with Crippen LogP contribution in [0, 0.1) is 0 Å². The largest absolute Gasteiger partial charge is 0.264 e. The number of hydrogen-bond acceptors (Lipinski definition) is 3. The summed E-state index contributed by atoms with van der Waals surface area (Å²) in [5.41, 5.74) is 16.7. The monoisotopic (exact) mass is 652 g/mol. The van der Waals surface area contributed by atoms with Crippen molar-refractivity contribution in [2.45, 2.75) is 5.41 Å². The number of nitrogens with zero attached hydrogens (tertiary/aromatic N) is 2. The number of aromatic nitrogens is 2. The molecule has 0 radical (unpaired) electrons. The van der Waals surface area contributed by atoms with E-state index in [0.29, 0.717) is 0 Å². The SMILES string of the molecule is c1cncc(-c2ccc(-c3ccc4c(c3)C3(c5ccccc5-c5ccccc5-4)c4ccccc4-c4c3ccc3c4sc4ccccc43)cn2)c1. The minimum absolute atomic E-state index is 0.541. The van der Waals surface area contributed by atoms with E-state index in [1.54, 1.807) is 6.20 Å². The summed E-state index contributed by atoms with van der Waals surface area (Å²) in [4.78, 5) is 9.21. The molecule has 3 heteroatoms. The van der Waals surface area contributed by atoms with E-state index in [4.69, 9.17) is 4.98 Å². The third kappa shape index (κ3) is 3.67. The summed E-state index contributed by atoms with van der Waals surface area (Å²) in [5, 5.41) is 2.66. The Morgan fingerprint density at radius 3 is 1.92 bits per heavy atom. The quantitative estimate of drug-likeness (QED) is 0.186. The van der Waals surface area contributed by atoms with Crippen LogP contribution in [0.4, 0.5) is 0 Å². The third-order valence-corrected chi connectivity index (χ3v) is 12.1. The fraction of sp³-hybridized carbons (Fsp3) is 0.0213. The summed E-state index contributed by atoms with van der Waals surface area (Å²) in [6.07, 6.45) is 5.67. The van der Waals surface area contributed by atoms with Gasteiger partial charge in [0.15, 0.2) is 0 Å². The highest BCUT2D eigenvalue weighted by molar-refractivity contribution is 7.26. The van der Waals surface area contributed by atoms with Crippen LogP contribution in [0.25, 0.3) is 75.9 Å². The van der Waals surface area contributed by atoms with Gasteiger partial charge in [0.2, 0.25) is 0 Å². The van der Waals surface area contributed by atoms with Gasteiger partial charge < -0.3 is 0 Å². The van der Waals surface area contributed by atoms with Crippen molar-refractivity contribution in [1.29, 1.82) is 0 Å². The Balaban J connectivity index is 1.26. The molecule has 0 aliphatic heterocycles. The molecule has 0 N–H and O–H groups in total. The average Bonchev–Trinajstić information content (AvgIpc) is 3.69. The Labute approximate surface area is 294 Å². The van der Waals surface area contributed by atoms with Crippen LogP contribution in [0.3, 0.4) is 0 Å². The maximum absolute atomic E-state index is 4.90. The van der Waals surface area contributed by atoms with Crippen LogP contribution in [0.2, 0.25) is 0 Å². The summed E-state index contributed by atoms with van der Waals surface area (Å²) in [5.74, 6) is 0. The van der Waals surface area contributed by atoms with Crippen molar-refractivity contribution in [3.63, 3.8) is 0 Å². The van der Waals surface area contributed by atoms with Gasteiger partial charge in [-0.05, 0) is 86.0 Å². The highest BCUT2D eigenvalue weighted by atomic mass is 32.1. The molecule has 11 rings (SSSR count). The molecule has 50 heavy (non-hydrogen) atoms. The maximum atomic E-state index is 4.90. The lowest BCUT2D eigenvalue weighted by Gasteiger charge is -2.35. The molecule has 0 bridgehead atoms. The topological polar surface area (TPSA) is 25.8 Å². The second-order valence-corrected chi connectivity index (χ2v) is 14.3. The molecule has 3 aromatic heterocycles. The minimum Gasteiger partial charge on any atom is -0.264 e. The van der Waals surface area contributed by atoms with Crippen LogP contribution in [0.15, 0.2) is 170 Å². The Morgan fingerprint density at radius 2 is 1.14 bits per heavy atom. The lowest BCUT2D eigenvalue weighted by Crippen LogP contribution is -2.29. The van der Waals surface area contributed by atoms with E-state index in [2.05, 4.69) is 151 Å². The second-order valence-electron chi connectivity index (χ2n) is 13.3. The van der Waals surface area contributed by atoms with Crippen LogP contribution in [-0.2, 0) is 5.41 Å². The van der Waals surface area contributed by atoms with E-state index in [0.717, 1.165) is 22.4 Å². The van der Waals surface area contributed by atoms with Crippen LogP contribution >= 0.6 is 11.3 Å². The Hall–Kier alpha value is -6.16. The van der Waals surface area contributed by atoms with Gasteiger partial charge in [0, 0.05) is 55.5 Å². The van der Waals surface area contributed by atoms with Gasteiger partial charge in [0.25, 0.3) is 0 Å². The van der Waals surface area contributed by atoms with E-state index in [1.807, 2.05) is 29.8 Å². The molecule has 6 aromatic carbocycles. The molecule has 3 heterocycles. The van der Waals surface area contributed by atoms with Gasteiger partial charge >= 0.3 is 0 Å². The summed E-state index contributed by atoms with van der Waals surface area (Å²) in [7, 11) is 0. The number of hydrogen-bond donors (Lipinski definition) is 0. The molecule has 0 amide bonds. The van der Waals surface area contributed by atoms with Gasteiger partial charge in [-0.1, -0.05) is 121 Å². The van der Waals surface area contributed by atoms with Crippen molar-refractivity contribution in [1.82, 2.24) is 9.97 Å². The van der Waals surface area contributed by atoms with E-state index in [-0.39, 0.29) is 0 Å². The number of pyridine rings is 2. The van der Waals surface area contributed by atoms with Crippen LogP contribution < -0.4 is 0 Å². The molecule has 0 saturated heterocycles. The van der Waals surface area contributed by atoms with Crippen LogP contribution in [0.5, 0.6) is 0 Å². The smallest absolute Gasteiger partial charge is 0.0726 e. The summed E-state index contributed by atoms with van der Waals surface area (Å²) in [6, 6.07) is 56.2. The summed E-state index contributed by atoms with van der Waals surface area (Å²) < 4.78 is 2.69. The summed E-state index contributed by atoms with van der Waals surface area (Å²) in [6.45, 7) is 0. The highest BCUT2D eigenvalue weighted by Crippen LogP contribution is 2.63. The van der Waals surface area contributed by atoms with Crippen molar-refractivity contribution in [3.8, 4) is 55.8 Å². The molecule has 2 nitrogen and oxygen atoms in total. The molecular weight excluding hydrogens is 625 g/mol. The van der Waals surface area contributed by atoms with E-state index in [9.17, 15) is 0 Å². The van der Waals surface area contributed by atoms with E-state index in [1.165, 1.54) is 75.8 Å². The van der Waals surface area contributed by atoms with Crippen LogP contribution in [0.1, 0.15) is 22.3 Å². The number of benzene rings is 6. The van der Waals surface area contributed by atoms with E-state index < -0.39 is 5.41 Å². The van der Waals surface area contributed by atoms with Gasteiger partial charge in [-0.25, -0.2) is 0 Å². The predicted octanol–water partition coefficient (Wildman–Crippen LogP) is 12.2. The number of thiophene rings is 1. The van der Waals surface area contributed by atoms with Crippen molar-refractivity contribution in [2.75, 3.05) is 0 Å². The van der Waals surface area contributed by atoms with E-state index >= 15 is 0 Å². The molecular formula is C47H28N2S. The normalized spacial score (nSPS) is 15.3. The Kier molecular flexibility index (Phi) is 5.78. The lowest BCUT2D eigenvalue weighted by atomic mass is 9.65. The first-order valence-electron chi connectivity index (χ1n) is 17.1. The first-order chi connectivity index (χ1) is 24.8. The molecule has 9 aromatic rings. The molecule has 0 fully saturated rings. The first kappa shape index (κ1) is 27.8. The molecule has 2 aliphatic rings. The Morgan fingerprint density at radius 1 is 0.440 bits per heavy atom. The number of rotatable bonds is 2. The van der Waals surface area contributed by atoms with Gasteiger partial charge in [-0.15, -0.1) is 11.3 Å². The van der Waals surface area contributed by atoms with Crippen molar-refractivity contribution in [3.05, 3.63) is 193 Å². The molecule has 2 aliphatic carbocycles. The van der Waals surface area contributed by atoms with Gasteiger partial charge in [-0.2, -0.15) is 0 Å².